The van der Waals surface area contributed by atoms with E-state index in [1.54, 1.807) is 0 Å². The number of imide groups is 1. The molecule has 1 fully saturated rings. The van der Waals surface area contributed by atoms with E-state index >= 15 is 0 Å². The first-order chi connectivity index (χ1) is 10.7. The quantitative estimate of drug-likeness (QED) is 0.802. The molecule has 2 amide bonds. The zero-order chi connectivity index (χ0) is 15.5. The zero-order valence-corrected chi connectivity index (χ0v) is 13.0. The third-order valence-corrected chi connectivity index (χ3v) is 4.33. The fourth-order valence-corrected chi connectivity index (χ4v) is 3.27. The van der Waals surface area contributed by atoms with Crippen molar-refractivity contribution in [2.45, 2.75) is 32.6 Å². The van der Waals surface area contributed by atoms with Gasteiger partial charge in [0.05, 0.1) is 5.57 Å². The van der Waals surface area contributed by atoms with Gasteiger partial charge >= 0.3 is 0 Å². The van der Waals surface area contributed by atoms with Crippen LogP contribution in [0.25, 0.3) is 5.57 Å². The first kappa shape index (κ1) is 14.8. The summed E-state index contributed by atoms with van der Waals surface area (Å²) in [5.74, 6) is -0.258. The third-order valence-electron chi connectivity index (χ3n) is 4.33. The summed E-state index contributed by atoms with van der Waals surface area (Å²) < 4.78 is 0. The lowest BCUT2D eigenvalue weighted by Crippen LogP contribution is -2.37. The monoisotopic (exact) mass is 298 g/mol. The molecule has 116 valence electrons. The molecule has 2 aliphatic heterocycles. The summed E-state index contributed by atoms with van der Waals surface area (Å²) in [5, 5.41) is 0. The smallest absolute Gasteiger partial charge is 0.277 e. The van der Waals surface area contributed by atoms with E-state index in [0.717, 1.165) is 37.9 Å². The Bertz CT molecular complexity index is 601. The van der Waals surface area contributed by atoms with Crippen LogP contribution < -0.4 is 0 Å². The number of nitrogens with zero attached hydrogens (tertiary/aromatic N) is 2. The number of hydrogen-bond donors (Lipinski definition) is 0. The molecule has 0 saturated carbocycles. The van der Waals surface area contributed by atoms with Crippen LogP contribution in [0.5, 0.6) is 0 Å². The molecular formula is C18H22N2O2. The van der Waals surface area contributed by atoms with Gasteiger partial charge in [0.25, 0.3) is 11.8 Å². The summed E-state index contributed by atoms with van der Waals surface area (Å²) in [4.78, 5) is 29.1. The number of rotatable bonds is 4. The maximum atomic E-state index is 12.8. The Morgan fingerprint density at radius 1 is 0.955 bits per heavy atom. The Morgan fingerprint density at radius 3 is 2.27 bits per heavy atom. The second kappa shape index (κ2) is 6.34. The van der Waals surface area contributed by atoms with Gasteiger partial charge in [-0.05, 0) is 31.2 Å². The highest BCUT2D eigenvalue weighted by molar-refractivity contribution is 6.35. The van der Waals surface area contributed by atoms with Crippen molar-refractivity contribution in [3.63, 3.8) is 0 Å². The average Bonchev–Trinajstić information content (AvgIpc) is 2.81. The predicted octanol–water partition coefficient (Wildman–Crippen LogP) is 2.66. The van der Waals surface area contributed by atoms with Crippen LogP contribution in [0.4, 0.5) is 0 Å². The van der Waals surface area contributed by atoms with Crippen LogP contribution in [0.3, 0.4) is 0 Å². The van der Waals surface area contributed by atoms with Gasteiger partial charge in [0, 0.05) is 19.6 Å². The SMILES string of the molecule is CCCN1C(=O)C(c2ccccc2)=C(N2CCCCC2)C1=O. The van der Waals surface area contributed by atoms with Crippen molar-refractivity contribution in [2.75, 3.05) is 19.6 Å². The summed E-state index contributed by atoms with van der Waals surface area (Å²) in [6.45, 7) is 4.21. The van der Waals surface area contributed by atoms with Crippen LogP contribution in [-0.2, 0) is 9.59 Å². The molecule has 4 nitrogen and oxygen atoms in total. The van der Waals surface area contributed by atoms with Gasteiger partial charge in [0.2, 0.25) is 0 Å². The van der Waals surface area contributed by atoms with Crippen LogP contribution in [0.2, 0.25) is 0 Å². The fourth-order valence-electron chi connectivity index (χ4n) is 3.27. The molecule has 0 spiro atoms. The summed E-state index contributed by atoms with van der Waals surface area (Å²) in [7, 11) is 0. The van der Waals surface area contributed by atoms with Crippen LogP contribution in [0.1, 0.15) is 38.2 Å². The summed E-state index contributed by atoms with van der Waals surface area (Å²) in [5.41, 5.74) is 2.05. The highest BCUT2D eigenvalue weighted by atomic mass is 16.2. The lowest BCUT2D eigenvalue weighted by atomic mass is 10.0. The predicted molar refractivity (Wildman–Crippen MR) is 85.8 cm³/mol. The molecule has 0 unspecified atom stereocenters. The van der Waals surface area contributed by atoms with Crippen molar-refractivity contribution in [3.8, 4) is 0 Å². The summed E-state index contributed by atoms with van der Waals surface area (Å²) >= 11 is 0. The molecule has 1 aromatic carbocycles. The molecule has 4 heteroatoms. The Labute approximate surface area is 131 Å². The number of hydrogen-bond acceptors (Lipinski definition) is 3. The molecule has 2 heterocycles. The molecule has 22 heavy (non-hydrogen) atoms. The van der Waals surface area contributed by atoms with Crippen molar-refractivity contribution in [1.29, 1.82) is 0 Å². The van der Waals surface area contributed by atoms with Gasteiger partial charge in [0.1, 0.15) is 5.70 Å². The van der Waals surface area contributed by atoms with Gasteiger partial charge in [-0.25, -0.2) is 0 Å². The van der Waals surface area contributed by atoms with Crippen LogP contribution in [-0.4, -0.2) is 41.2 Å². The second-order valence-corrected chi connectivity index (χ2v) is 5.90. The molecule has 0 aliphatic carbocycles. The number of likely N-dealkylation sites (tertiary alicyclic amines) is 1. The number of benzene rings is 1. The van der Waals surface area contributed by atoms with Crippen molar-refractivity contribution in [2.24, 2.45) is 0 Å². The van der Waals surface area contributed by atoms with Gasteiger partial charge in [-0.2, -0.15) is 0 Å². The van der Waals surface area contributed by atoms with Gasteiger partial charge < -0.3 is 4.90 Å². The third kappa shape index (κ3) is 2.54. The molecule has 0 N–H and O–H groups in total. The second-order valence-electron chi connectivity index (χ2n) is 5.90. The van der Waals surface area contributed by atoms with Crippen LogP contribution in [0, 0.1) is 0 Å². The zero-order valence-electron chi connectivity index (χ0n) is 13.0. The van der Waals surface area contributed by atoms with Gasteiger partial charge in [-0.15, -0.1) is 0 Å². The summed E-state index contributed by atoms with van der Waals surface area (Å²) in [6.07, 6.45) is 4.15. The molecule has 2 aliphatic rings. The topological polar surface area (TPSA) is 40.6 Å². The molecule has 0 bridgehead atoms. The molecule has 0 atom stereocenters. The van der Waals surface area contributed by atoms with Crippen molar-refractivity contribution in [1.82, 2.24) is 9.80 Å². The molecule has 1 aromatic rings. The Kier molecular flexibility index (Phi) is 4.27. The highest BCUT2D eigenvalue weighted by Gasteiger charge is 2.41. The minimum Gasteiger partial charge on any atom is -0.366 e. The minimum absolute atomic E-state index is 0.118. The molecule has 3 rings (SSSR count). The standard InChI is InChI=1S/C18H22N2O2/c1-2-11-20-17(21)15(14-9-5-3-6-10-14)16(18(20)22)19-12-7-4-8-13-19/h3,5-6,9-10H,2,4,7-8,11-13H2,1H3. The number of piperidine rings is 1. The molecular weight excluding hydrogens is 276 g/mol. The number of carbonyl (C=O) groups is 2. The maximum absolute atomic E-state index is 12.8. The van der Waals surface area contributed by atoms with Gasteiger partial charge in [-0.3, -0.25) is 14.5 Å². The first-order valence-electron chi connectivity index (χ1n) is 8.15. The Hall–Kier alpha value is -2.10. The largest absolute Gasteiger partial charge is 0.366 e. The molecule has 0 radical (unpaired) electrons. The maximum Gasteiger partial charge on any atom is 0.277 e. The minimum atomic E-state index is -0.140. The van der Waals surface area contributed by atoms with Gasteiger partial charge in [0.15, 0.2) is 0 Å². The molecule has 0 aromatic heterocycles. The van der Waals surface area contributed by atoms with E-state index in [0.29, 0.717) is 17.8 Å². The lowest BCUT2D eigenvalue weighted by molar-refractivity contribution is -0.137. The van der Waals surface area contributed by atoms with E-state index in [1.807, 2.05) is 37.3 Å². The van der Waals surface area contributed by atoms with E-state index < -0.39 is 0 Å². The number of amides is 2. The van der Waals surface area contributed by atoms with E-state index in [9.17, 15) is 9.59 Å². The normalized spacial score (nSPS) is 19.3. The van der Waals surface area contributed by atoms with Crippen molar-refractivity contribution >= 4 is 17.4 Å². The Morgan fingerprint density at radius 2 is 1.64 bits per heavy atom. The van der Waals surface area contributed by atoms with Crippen molar-refractivity contribution in [3.05, 3.63) is 41.6 Å². The first-order valence-corrected chi connectivity index (χ1v) is 8.15. The van der Waals surface area contributed by atoms with Crippen LogP contribution >= 0.6 is 0 Å². The van der Waals surface area contributed by atoms with Gasteiger partial charge in [-0.1, -0.05) is 37.3 Å². The average molecular weight is 298 g/mol. The molecule has 1 saturated heterocycles. The van der Waals surface area contributed by atoms with E-state index in [1.165, 1.54) is 11.3 Å². The van der Waals surface area contributed by atoms with Crippen molar-refractivity contribution < 1.29 is 9.59 Å². The van der Waals surface area contributed by atoms with E-state index in [4.69, 9.17) is 0 Å². The highest BCUT2D eigenvalue weighted by Crippen LogP contribution is 2.32. The van der Waals surface area contributed by atoms with E-state index in [2.05, 4.69) is 4.90 Å². The Balaban J connectivity index is 2.05. The van der Waals surface area contributed by atoms with Crippen LogP contribution in [0.15, 0.2) is 36.0 Å². The summed E-state index contributed by atoms with van der Waals surface area (Å²) in [6, 6.07) is 9.59. The number of carbonyl (C=O) groups excluding carboxylic acids is 2. The fraction of sp³-hybridized carbons (Fsp3) is 0.444. The van der Waals surface area contributed by atoms with E-state index in [-0.39, 0.29) is 11.8 Å². The lowest BCUT2D eigenvalue weighted by Gasteiger charge is -2.29.